The van der Waals surface area contributed by atoms with Crippen LogP contribution in [0.2, 0.25) is 0 Å². The highest BCUT2D eigenvalue weighted by molar-refractivity contribution is 5.64. The van der Waals surface area contributed by atoms with Crippen LogP contribution >= 0.6 is 0 Å². The summed E-state index contributed by atoms with van der Waals surface area (Å²) in [6, 6.07) is 4.80. The molecule has 0 bridgehead atoms. The highest BCUT2D eigenvalue weighted by atomic mass is 19.1. The van der Waals surface area contributed by atoms with E-state index in [1.807, 2.05) is 6.92 Å². The Morgan fingerprint density at radius 2 is 1.88 bits per heavy atom. The molecule has 88 valence electrons. The van der Waals surface area contributed by atoms with Gasteiger partial charge in [0.05, 0.1) is 5.69 Å². The predicted molar refractivity (Wildman–Crippen MR) is 64.5 cm³/mol. The number of H-pyrrole nitrogens is 1. The van der Waals surface area contributed by atoms with Gasteiger partial charge in [0.1, 0.15) is 5.82 Å². The van der Waals surface area contributed by atoms with Crippen molar-refractivity contribution in [1.82, 2.24) is 10.2 Å². The minimum Gasteiger partial charge on any atom is -0.268 e. The maximum atomic E-state index is 13.2. The monoisotopic (exact) mass is 232 g/mol. The topological polar surface area (TPSA) is 45.8 Å². The lowest BCUT2D eigenvalue weighted by molar-refractivity contribution is 0.618. The van der Waals surface area contributed by atoms with E-state index >= 15 is 0 Å². The molecule has 0 aliphatic carbocycles. The lowest BCUT2D eigenvalue weighted by atomic mass is 10.0. The standard InChI is InChI=1S/C13H13FN2O/c1-7-6-10(4-5-11(7)14)12-8(2)9(3)13(17)16-15-12/h4-6H,1-3H3,(H,16,17). The highest BCUT2D eigenvalue weighted by Crippen LogP contribution is 2.22. The Kier molecular flexibility index (Phi) is 2.79. The number of rotatable bonds is 1. The number of aromatic nitrogens is 2. The number of aryl methyl sites for hydroxylation is 1. The summed E-state index contributed by atoms with van der Waals surface area (Å²) in [4.78, 5) is 11.4. The van der Waals surface area contributed by atoms with Gasteiger partial charge in [-0.1, -0.05) is 0 Å². The number of benzene rings is 1. The molecule has 2 rings (SSSR count). The van der Waals surface area contributed by atoms with Gasteiger partial charge < -0.3 is 0 Å². The van der Waals surface area contributed by atoms with Crippen molar-refractivity contribution in [2.45, 2.75) is 20.8 Å². The Balaban J connectivity index is 2.65. The summed E-state index contributed by atoms with van der Waals surface area (Å²) in [5.74, 6) is -0.243. The summed E-state index contributed by atoms with van der Waals surface area (Å²) in [6.07, 6.45) is 0. The summed E-state index contributed by atoms with van der Waals surface area (Å²) < 4.78 is 13.2. The Bertz CT molecular complexity index is 632. The van der Waals surface area contributed by atoms with Crippen LogP contribution in [-0.4, -0.2) is 10.2 Å². The van der Waals surface area contributed by atoms with Crippen molar-refractivity contribution in [3.63, 3.8) is 0 Å². The third-order valence-corrected chi connectivity index (χ3v) is 2.96. The molecule has 0 radical (unpaired) electrons. The summed E-state index contributed by atoms with van der Waals surface area (Å²) in [7, 11) is 0. The number of halogens is 1. The zero-order valence-electron chi connectivity index (χ0n) is 9.97. The Labute approximate surface area is 98.3 Å². The highest BCUT2D eigenvalue weighted by Gasteiger charge is 2.09. The molecule has 0 amide bonds. The van der Waals surface area contributed by atoms with Crippen molar-refractivity contribution in [3.05, 3.63) is 51.1 Å². The fourth-order valence-electron chi connectivity index (χ4n) is 1.70. The third kappa shape index (κ3) is 1.98. The van der Waals surface area contributed by atoms with Gasteiger partial charge in [-0.25, -0.2) is 9.49 Å². The molecule has 0 fully saturated rings. The first-order chi connectivity index (χ1) is 8.00. The second-order valence-corrected chi connectivity index (χ2v) is 4.12. The number of nitrogens with one attached hydrogen (secondary N) is 1. The lowest BCUT2D eigenvalue weighted by Gasteiger charge is -2.07. The van der Waals surface area contributed by atoms with E-state index in [0.717, 1.165) is 11.1 Å². The number of hydrogen-bond donors (Lipinski definition) is 1. The molecule has 1 heterocycles. The average molecular weight is 232 g/mol. The first-order valence-corrected chi connectivity index (χ1v) is 5.33. The molecular formula is C13H13FN2O. The van der Waals surface area contributed by atoms with E-state index in [9.17, 15) is 9.18 Å². The van der Waals surface area contributed by atoms with Gasteiger partial charge in [-0.3, -0.25) is 4.79 Å². The van der Waals surface area contributed by atoms with E-state index in [1.54, 1.807) is 26.0 Å². The van der Waals surface area contributed by atoms with Crippen LogP contribution in [0.4, 0.5) is 4.39 Å². The van der Waals surface area contributed by atoms with Crippen molar-refractivity contribution in [3.8, 4) is 11.3 Å². The second kappa shape index (κ2) is 4.13. The smallest absolute Gasteiger partial charge is 0.267 e. The largest absolute Gasteiger partial charge is 0.268 e. The normalized spacial score (nSPS) is 10.6. The van der Waals surface area contributed by atoms with Crippen molar-refractivity contribution in [2.24, 2.45) is 0 Å². The molecule has 0 aliphatic heterocycles. The SMILES string of the molecule is Cc1cc(-c2n[nH]c(=O)c(C)c2C)ccc1F. The van der Waals surface area contributed by atoms with Gasteiger partial charge in [-0.2, -0.15) is 5.10 Å². The van der Waals surface area contributed by atoms with Crippen LogP contribution in [0.15, 0.2) is 23.0 Å². The second-order valence-electron chi connectivity index (χ2n) is 4.12. The number of hydrogen-bond acceptors (Lipinski definition) is 2. The first-order valence-electron chi connectivity index (χ1n) is 5.33. The van der Waals surface area contributed by atoms with Crippen LogP contribution in [0, 0.1) is 26.6 Å². The van der Waals surface area contributed by atoms with E-state index in [-0.39, 0.29) is 11.4 Å². The summed E-state index contributed by atoms with van der Waals surface area (Å²) in [5, 5.41) is 6.46. The molecule has 0 aliphatic rings. The predicted octanol–water partition coefficient (Wildman–Crippen LogP) is 2.50. The van der Waals surface area contributed by atoms with Crippen LogP contribution in [0.1, 0.15) is 16.7 Å². The molecule has 0 atom stereocenters. The number of aromatic amines is 1. The van der Waals surface area contributed by atoms with Gasteiger partial charge in [0.25, 0.3) is 5.56 Å². The van der Waals surface area contributed by atoms with Crippen LogP contribution in [0.25, 0.3) is 11.3 Å². The maximum Gasteiger partial charge on any atom is 0.267 e. The molecule has 4 heteroatoms. The third-order valence-electron chi connectivity index (χ3n) is 2.96. The summed E-state index contributed by atoms with van der Waals surface area (Å²) in [5.41, 5.74) is 3.32. The van der Waals surface area contributed by atoms with Gasteiger partial charge in [0.2, 0.25) is 0 Å². The van der Waals surface area contributed by atoms with E-state index in [4.69, 9.17) is 0 Å². The van der Waals surface area contributed by atoms with Crippen LogP contribution in [0.3, 0.4) is 0 Å². The molecule has 1 aromatic carbocycles. The van der Waals surface area contributed by atoms with Crippen molar-refractivity contribution >= 4 is 0 Å². The minimum absolute atomic E-state index is 0.190. The number of nitrogens with zero attached hydrogens (tertiary/aromatic N) is 1. The zero-order valence-corrected chi connectivity index (χ0v) is 9.97. The van der Waals surface area contributed by atoms with Crippen LogP contribution < -0.4 is 5.56 Å². The van der Waals surface area contributed by atoms with Gasteiger partial charge in [-0.05, 0) is 50.1 Å². The van der Waals surface area contributed by atoms with E-state index in [1.165, 1.54) is 6.07 Å². The van der Waals surface area contributed by atoms with Crippen molar-refractivity contribution < 1.29 is 4.39 Å². The summed E-state index contributed by atoms with van der Waals surface area (Å²) >= 11 is 0. The molecule has 0 saturated heterocycles. The molecular weight excluding hydrogens is 219 g/mol. The van der Waals surface area contributed by atoms with Crippen LogP contribution in [0.5, 0.6) is 0 Å². The van der Waals surface area contributed by atoms with E-state index < -0.39 is 0 Å². The molecule has 0 saturated carbocycles. The van der Waals surface area contributed by atoms with Crippen molar-refractivity contribution in [1.29, 1.82) is 0 Å². The molecule has 0 spiro atoms. The quantitative estimate of drug-likeness (QED) is 0.821. The van der Waals surface area contributed by atoms with E-state index in [2.05, 4.69) is 10.2 Å². The molecule has 3 nitrogen and oxygen atoms in total. The fourth-order valence-corrected chi connectivity index (χ4v) is 1.70. The molecule has 1 aromatic heterocycles. The van der Waals surface area contributed by atoms with Gasteiger partial charge in [-0.15, -0.1) is 0 Å². The minimum atomic E-state index is -0.243. The molecule has 17 heavy (non-hydrogen) atoms. The fraction of sp³-hybridized carbons (Fsp3) is 0.231. The Morgan fingerprint density at radius 3 is 2.53 bits per heavy atom. The molecule has 0 unspecified atom stereocenters. The van der Waals surface area contributed by atoms with Gasteiger partial charge in [0, 0.05) is 11.1 Å². The molecule has 2 aromatic rings. The maximum absolute atomic E-state index is 13.2. The van der Waals surface area contributed by atoms with Gasteiger partial charge >= 0.3 is 0 Å². The average Bonchev–Trinajstić information content (AvgIpc) is 2.30. The van der Waals surface area contributed by atoms with E-state index in [0.29, 0.717) is 16.8 Å². The summed E-state index contributed by atoms with van der Waals surface area (Å²) in [6.45, 7) is 5.29. The Hall–Kier alpha value is -1.97. The molecule has 1 N–H and O–H groups in total. The van der Waals surface area contributed by atoms with Gasteiger partial charge in [0.15, 0.2) is 0 Å². The Morgan fingerprint density at radius 1 is 1.18 bits per heavy atom. The first kappa shape index (κ1) is 11.5. The lowest BCUT2D eigenvalue weighted by Crippen LogP contribution is -2.14. The van der Waals surface area contributed by atoms with Crippen molar-refractivity contribution in [2.75, 3.05) is 0 Å². The zero-order chi connectivity index (χ0) is 12.6. The van der Waals surface area contributed by atoms with Crippen LogP contribution in [-0.2, 0) is 0 Å².